The first-order valence-electron chi connectivity index (χ1n) is 6.58. The number of anilines is 2. The highest BCUT2D eigenvalue weighted by atomic mass is 32.1. The summed E-state index contributed by atoms with van der Waals surface area (Å²) in [5, 5.41) is 7.00. The molecule has 0 atom stereocenters. The number of piperazine rings is 1. The molecule has 1 fully saturated rings. The Kier molecular flexibility index (Phi) is 4.60. The zero-order chi connectivity index (χ0) is 13.8. The predicted molar refractivity (Wildman–Crippen MR) is 78.8 cm³/mol. The van der Waals surface area contributed by atoms with Gasteiger partial charge in [-0.1, -0.05) is 25.2 Å². The second-order valence-electron chi connectivity index (χ2n) is 5.05. The van der Waals surface area contributed by atoms with E-state index in [0.717, 1.165) is 31.3 Å². The van der Waals surface area contributed by atoms with Crippen molar-refractivity contribution in [3.8, 4) is 0 Å². The fraction of sp³-hybridized carbons (Fsp3) is 0.667. The highest BCUT2D eigenvalue weighted by Gasteiger charge is 2.20. The molecule has 7 heteroatoms. The number of hydrogen-bond acceptors (Lipinski definition) is 6. The second kappa shape index (κ2) is 6.21. The van der Waals surface area contributed by atoms with Gasteiger partial charge in [-0.05, 0) is 5.92 Å². The Morgan fingerprint density at radius 3 is 2.84 bits per heavy atom. The molecular formula is C12H21N5OS. The summed E-state index contributed by atoms with van der Waals surface area (Å²) in [7, 11) is 0. The Hall–Kier alpha value is -1.34. The van der Waals surface area contributed by atoms with Gasteiger partial charge < -0.3 is 21.3 Å². The maximum atomic E-state index is 12.0. The van der Waals surface area contributed by atoms with Gasteiger partial charge in [-0.3, -0.25) is 4.79 Å². The third-order valence-corrected chi connectivity index (χ3v) is 4.04. The molecule has 0 unspecified atom stereocenters. The molecule has 2 heterocycles. The first-order valence-corrected chi connectivity index (χ1v) is 7.39. The van der Waals surface area contributed by atoms with Gasteiger partial charge in [0, 0.05) is 32.7 Å². The Morgan fingerprint density at radius 2 is 2.21 bits per heavy atom. The zero-order valence-electron chi connectivity index (χ0n) is 11.4. The largest absolute Gasteiger partial charge is 0.382 e. The molecule has 19 heavy (non-hydrogen) atoms. The third kappa shape index (κ3) is 3.57. The van der Waals surface area contributed by atoms with Gasteiger partial charge in [-0.15, -0.1) is 0 Å². The first kappa shape index (κ1) is 14.1. The Labute approximate surface area is 117 Å². The van der Waals surface area contributed by atoms with Crippen LogP contribution in [0.2, 0.25) is 0 Å². The minimum Gasteiger partial charge on any atom is -0.382 e. The van der Waals surface area contributed by atoms with Crippen LogP contribution < -0.4 is 21.3 Å². The summed E-state index contributed by atoms with van der Waals surface area (Å²) >= 11 is 1.38. The molecule has 0 bridgehead atoms. The van der Waals surface area contributed by atoms with Gasteiger partial charge in [0.2, 0.25) is 0 Å². The quantitative estimate of drug-likeness (QED) is 0.750. The molecular weight excluding hydrogens is 262 g/mol. The van der Waals surface area contributed by atoms with Crippen LogP contribution in [0.4, 0.5) is 10.9 Å². The third-order valence-electron chi connectivity index (χ3n) is 2.91. The van der Waals surface area contributed by atoms with Crippen LogP contribution in [-0.2, 0) is 0 Å². The minimum absolute atomic E-state index is 0.120. The number of carbonyl (C=O) groups is 1. The number of nitrogens with one attached hydrogen (secondary N) is 2. The van der Waals surface area contributed by atoms with Crippen molar-refractivity contribution < 1.29 is 4.79 Å². The van der Waals surface area contributed by atoms with E-state index in [1.54, 1.807) is 0 Å². The maximum Gasteiger partial charge on any atom is 0.265 e. The summed E-state index contributed by atoms with van der Waals surface area (Å²) in [4.78, 5) is 19.0. The molecule has 0 aromatic carbocycles. The van der Waals surface area contributed by atoms with Crippen molar-refractivity contribution in [1.29, 1.82) is 0 Å². The fourth-order valence-corrected chi connectivity index (χ4v) is 2.80. The van der Waals surface area contributed by atoms with Gasteiger partial charge in [0.05, 0.1) is 0 Å². The molecule has 0 spiro atoms. The molecule has 0 aliphatic carbocycles. The highest BCUT2D eigenvalue weighted by molar-refractivity contribution is 7.18. The molecule has 6 nitrogen and oxygen atoms in total. The number of nitrogens with two attached hydrogens (primary N) is 1. The van der Waals surface area contributed by atoms with E-state index in [-0.39, 0.29) is 5.91 Å². The molecule has 0 saturated carbocycles. The van der Waals surface area contributed by atoms with Gasteiger partial charge in [-0.25, -0.2) is 4.98 Å². The van der Waals surface area contributed by atoms with E-state index in [1.807, 2.05) is 0 Å². The summed E-state index contributed by atoms with van der Waals surface area (Å²) in [6.45, 7) is 8.45. The maximum absolute atomic E-state index is 12.0. The normalized spacial score (nSPS) is 15.8. The smallest absolute Gasteiger partial charge is 0.265 e. The molecule has 2 rings (SSSR count). The number of carbonyl (C=O) groups excluding carboxylic acids is 1. The number of nitrogens with zero attached hydrogens (tertiary/aromatic N) is 2. The predicted octanol–water partition coefficient (Wildman–Crippen LogP) is 0.521. The average Bonchev–Trinajstić information content (AvgIpc) is 2.79. The van der Waals surface area contributed by atoms with Crippen molar-refractivity contribution in [2.75, 3.05) is 43.4 Å². The van der Waals surface area contributed by atoms with E-state index in [0.29, 0.717) is 23.2 Å². The molecule has 1 amide bonds. The Morgan fingerprint density at radius 1 is 1.53 bits per heavy atom. The van der Waals surface area contributed by atoms with Gasteiger partial charge in [0.25, 0.3) is 5.91 Å². The first-order chi connectivity index (χ1) is 9.08. The van der Waals surface area contributed by atoms with Crippen molar-refractivity contribution in [2.24, 2.45) is 5.92 Å². The van der Waals surface area contributed by atoms with E-state index in [2.05, 4.69) is 34.4 Å². The van der Waals surface area contributed by atoms with Gasteiger partial charge in [0.1, 0.15) is 10.7 Å². The van der Waals surface area contributed by atoms with E-state index in [4.69, 9.17) is 5.73 Å². The van der Waals surface area contributed by atoms with Crippen LogP contribution >= 0.6 is 11.3 Å². The molecule has 1 aliphatic heterocycles. The van der Waals surface area contributed by atoms with Crippen LogP contribution in [0.3, 0.4) is 0 Å². The van der Waals surface area contributed by atoms with Crippen LogP contribution in [0.15, 0.2) is 0 Å². The molecule has 1 aliphatic rings. The standard InChI is InChI=1S/C12H21N5OS/c1-8(2)7-15-11(18)9-10(13)16-12(19-9)17-5-3-14-4-6-17/h8,14H,3-7,13H2,1-2H3,(H,15,18). The van der Waals surface area contributed by atoms with Gasteiger partial charge >= 0.3 is 0 Å². The van der Waals surface area contributed by atoms with Crippen molar-refractivity contribution in [3.63, 3.8) is 0 Å². The van der Waals surface area contributed by atoms with Crippen molar-refractivity contribution >= 4 is 28.2 Å². The van der Waals surface area contributed by atoms with Crippen LogP contribution in [0.1, 0.15) is 23.5 Å². The van der Waals surface area contributed by atoms with E-state index < -0.39 is 0 Å². The summed E-state index contributed by atoms with van der Waals surface area (Å²) < 4.78 is 0. The summed E-state index contributed by atoms with van der Waals surface area (Å²) in [6.07, 6.45) is 0. The Balaban J connectivity index is 2.05. The summed E-state index contributed by atoms with van der Waals surface area (Å²) in [6, 6.07) is 0. The molecule has 1 saturated heterocycles. The molecule has 0 radical (unpaired) electrons. The van der Waals surface area contributed by atoms with Crippen LogP contribution in [-0.4, -0.2) is 43.6 Å². The lowest BCUT2D eigenvalue weighted by atomic mass is 10.2. The number of thiazole rings is 1. The van der Waals surface area contributed by atoms with Gasteiger partial charge in [-0.2, -0.15) is 0 Å². The number of rotatable bonds is 4. The lowest BCUT2D eigenvalue weighted by Crippen LogP contribution is -2.43. The van der Waals surface area contributed by atoms with Crippen LogP contribution in [0.5, 0.6) is 0 Å². The number of amides is 1. The SMILES string of the molecule is CC(C)CNC(=O)c1sc(N2CCNCC2)nc1N. The molecule has 1 aromatic rings. The molecule has 106 valence electrons. The van der Waals surface area contributed by atoms with Crippen molar-refractivity contribution in [1.82, 2.24) is 15.6 Å². The van der Waals surface area contributed by atoms with E-state index in [1.165, 1.54) is 11.3 Å². The monoisotopic (exact) mass is 283 g/mol. The summed E-state index contributed by atoms with van der Waals surface area (Å²) in [5.74, 6) is 0.635. The van der Waals surface area contributed by atoms with Crippen LogP contribution in [0, 0.1) is 5.92 Å². The zero-order valence-corrected chi connectivity index (χ0v) is 12.2. The van der Waals surface area contributed by atoms with Crippen LogP contribution in [0.25, 0.3) is 0 Å². The average molecular weight is 283 g/mol. The van der Waals surface area contributed by atoms with Crippen molar-refractivity contribution in [3.05, 3.63) is 4.88 Å². The number of hydrogen-bond donors (Lipinski definition) is 3. The minimum atomic E-state index is -0.120. The molecule has 1 aromatic heterocycles. The summed E-state index contributed by atoms with van der Waals surface area (Å²) in [5.41, 5.74) is 5.85. The Bertz CT molecular complexity index is 439. The van der Waals surface area contributed by atoms with Gasteiger partial charge in [0.15, 0.2) is 5.13 Å². The van der Waals surface area contributed by atoms with E-state index in [9.17, 15) is 4.79 Å². The topological polar surface area (TPSA) is 83.3 Å². The molecule has 4 N–H and O–H groups in total. The van der Waals surface area contributed by atoms with E-state index >= 15 is 0 Å². The van der Waals surface area contributed by atoms with Crippen molar-refractivity contribution in [2.45, 2.75) is 13.8 Å². The lowest BCUT2D eigenvalue weighted by Gasteiger charge is -2.26. The lowest BCUT2D eigenvalue weighted by molar-refractivity contribution is 0.0953. The number of nitrogen functional groups attached to an aromatic ring is 1. The fourth-order valence-electron chi connectivity index (χ4n) is 1.85. The second-order valence-corrected chi connectivity index (χ2v) is 6.03. The number of aromatic nitrogens is 1. The highest BCUT2D eigenvalue weighted by Crippen LogP contribution is 2.28.